The van der Waals surface area contributed by atoms with Gasteiger partial charge in [0.25, 0.3) is 0 Å². The number of aromatic amines is 1. The van der Waals surface area contributed by atoms with Gasteiger partial charge in [0.1, 0.15) is 0 Å². The van der Waals surface area contributed by atoms with Crippen molar-refractivity contribution in [1.29, 1.82) is 0 Å². The first-order valence-electron chi connectivity index (χ1n) is 7.60. The number of rotatable bonds is 6. The van der Waals surface area contributed by atoms with Gasteiger partial charge < -0.3 is 10.3 Å². The third kappa shape index (κ3) is 4.52. The smallest absolute Gasteiger partial charge is 0.214 e. The minimum absolute atomic E-state index is 0.172. The molecule has 0 spiro atoms. The summed E-state index contributed by atoms with van der Waals surface area (Å²) in [4.78, 5) is 7.13. The predicted octanol–water partition coefficient (Wildman–Crippen LogP) is 1.51. The van der Waals surface area contributed by atoms with E-state index >= 15 is 0 Å². The molecular formula is C14H26N4O2S. The molecule has 1 aliphatic heterocycles. The molecule has 7 heteroatoms. The van der Waals surface area contributed by atoms with Gasteiger partial charge in [0, 0.05) is 31.4 Å². The van der Waals surface area contributed by atoms with Crippen molar-refractivity contribution in [3.63, 3.8) is 0 Å². The average Bonchev–Trinajstić information content (AvgIpc) is 2.91. The molecule has 6 nitrogen and oxygen atoms in total. The lowest BCUT2D eigenvalue weighted by Gasteiger charge is -2.33. The Morgan fingerprint density at radius 3 is 2.57 bits per heavy atom. The quantitative estimate of drug-likeness (QED) is 0.834. The van der Waals surface area contributed by atoms with Crippen LogP contribution in [0.2, 0.25) is 0 Å². The molecule has 2 N–H and O–H groups in total. The van der Waals surface area contributed by atoms with Gasteiger partial charge in [-0.25, -0.2) is 17.7 Å². The molecule has 0 bridgehead atoms. The molecular weight excluding hydrogens is 288 g/mol. The molecule has 0 saturated carbocycles. The number of aromatic nitrogens is 2. The van der Waals surface area contributed by atoms with E-state index in [-0.39, 0.29) is 17.7 Å². The number of imidazole rings is 1. The van der Waals surface area contributed by atoms with Crippen molar-refractivity contribution < 1.29 is 8.42 Å². The SMILES string of the molecule is CC(C)CS(=O)(=O)N1CCC(NC(C)c2cnc[nH]2)CC1. The molecule has 2 rings (SSSR count). The Labute approximate surface area is 127 Å². The molecule has 0 aliphatic carbocycles. The summed E-state index contributed by atoms with van der Waals surface area (Å²) < 4.78 is 26.1. The number of hydrogen-bond acceptors (Lipinski definition) is 4. The zero-order valence-corrected chi connectivity index (χ0v) is 13.9. The highest BCUT2D eigenvalue weighted by Gasteiger charge is 2.29. The fourth-order valence-electron chi connectivity index (χ4n) is 2.77. The molecule has 1 fully saturated rings. The van der Waals surface area contributed by atoms with Gasteiger partial charge in [-0.15, -0.1) is 0 Å². The zero-order chi connectivity index (χ0) is 15.5. The fraction of sp³-hybridized carbons (Fsp3) is 0.786. The van der Waals surface area contributed by atoms with Crippen molar-refractivity contribution in [2.24, 2.45) is 5.92 Å². The summed E-state index contributed by atoms with van der Waals surface area (Å²) in [6.45, 7) is 7.20. The van der Waals surface area contributed by atoms with Gasteiger partial charge in [0.05, 0.1) is 17.8 Å². The van der Waals surface area contributed by atoms with Crippen LogP contribution in [-0.4, -0.2) is 47.6 Å². The zero-order valence-electron chi connectivity index (χ0n) is 13.0. The lowest BCUT2D eigenvalue weighted by molar-refractivity contribution is 0.275. The molecule has 1 saturated heterocycles. The molecule has 1 atom stereocenters. The van der Waals surface area contributed by atoms with Crippen LogP contribution >= 0.6 is 0 Å². The molecule has 1 aliphatic rings. The predicted molar refractivity (Wildman–Crippen MR) is 83.4 cm³/mol. The Balaban J connectivity index is 1.83. The summed E-state index contributed by atoms with van der Waals surface area (Å²) in [7, 11) is -3.09. The van der Waals surface area contributed by atoms with Crippen molar-refractivity contribution in [1.82, 2.24) is 19.6 Å². The van der Waals surface area contributed by atoms with E-state index < -0.39 is 10.0 Å². The normalized spacial score (nSPS) is 20.0. The second-order valence-corrected chi connectivity index (χ2v) is 8.25. The van der Waals surface area contributed by atoms with Crippen molar-refractivity contribution in [3.05, 3.63) is 18.2 Å². The fourth-order valence-corrected chi connectivity index (χ4v) is 4.59. The number of piperidine rings is 1. The average molecular weight is 314 g/mol. The third-order valence-corrected chi connectivity index (χ3v) is 6.10. The molecule has 21 heavy (non-hydrogen) atoms. The summed E-state index contributed by atoms with van der Waals surface area (Å²) in [5.41, 5.74) is 1.06. The van der Waals surface area contributed by atoms with Crippen molar-refractivity contribution in [2.45, 2.75) is 45.7 Å². The van der Waals surface area contributed by atoms with E-state index in [1.54, 1.807) is 10.6 Å². The first kappa shape index (κ1) is 16.5. The maximum atomic E-state index is 12.2. The largest absolute Gasteiger partial charge is 0.347 e. The van der Waals surface area contributed by atoms with Gasteiger partial charge in [-0.1, -0.05) is 13.8 Å². The van der Waals surface area contributed by atoms with Gasteiger partial charge in [0.2, 0.25) is 10.0 Å². The lowest BCUT2D eigenvalue weighted by atomic mass is 10.1. The van der Waals surface area contributed by atoms with E-state index in [0.29, 0.717) is 19.1 Å². The third-order valence-electron chi connectivity index (χ3n) is 3.86. The topological polar surface area (TPSA) is 78.1 Å². The standard InChI is InChI=1S/C14H26N4O2S/c1-11(2)9-21(19,20)18-6-4-13(5-7-18)17-12(3)14-8-15-10-16-14/h8,10-13,17H,4-7,9H2,1-3H3,(H,15,16). The summed E-state index contributed by atoms with van der Waals surface area (Å²) in [5.74, 6) is 0.418. The monoisotopic (exact) mass is 314 g/mol. The highest BCUT2D eigenvalue weighted by Crippen LogP contribution is 2.19. The molecule has 1 aromatic rings. The first-order valence-corrected chi connectivity index (χ1v) is 9.21. The number of sulfonamides is 1. The van der Waals surface area contributed by atoms with Crippen molar-refractivity contribution in [3.8, 4) is 0 Å². The lowest BCUT2D eigenvalue weighted by Crippen LogP contribution is -2.46. The Hall–Kier alpha value is -0.920. The van der Waals surface area contributed by atoms with Crippen LogP contribution in [0.5, 0.6) is 0 Å². The van der Waals surface area contributed by atoms with E-state index in [1.165, 1.54) is 0 Å². The summed E-state index contributed by atoms with van der Waals surface area (Å²) in [6.07, 6.45) is 5.21. The maximum Gasteiger partial charge on any atom is 0.214 e. The van der Waals surface area contributed by atoms with Gasteiger partial charge in [-0.05, 0) is 25.7 Å². The number of hydrogen-bond donors (Lipinski definition) is 2. The Bertz CT molecular complexity index is 519. The summed E-state index contributed by atoms with van der Waals surface area (Å²) >= 11 is 0. The van der Waals surface area contributed by atoms with Crippen molar-refractivity contribution >= 4 is 10.0 Å². The first-order chi connectivity index (χ1) is 9.88. The maximum absolute atomic E-state index is 12.2. The van der Waals surface area contributed by atoms with E-state index in [9.17, 15) is 8.42 Å². The molecule has 0 radical (unpaired) electrons. The molecule has 0 amide bonds. The van der Waals surface area contributed by atoms with E-state index in [2.05, 4.69) is 22.2 Å². The van der Waals surface area contributed by atoms with E-state index in [1.807, 2.05) is 20.0 Å². The second kappa shape index (κ2) is 6.89. The van der Waals surface area contributed by atoms with Gasteiger partial charge in [0.15, 0.2) is 0 Å². The highest BCUT2D eigenvalue weighted by molar-refractivity contribution is 7.89. The summed E-state index contributed by atoms with van der Waals surface area (Å²) in [5, 5.41) is 3.54. The molecule has 1 aromatic heterocycles. The molecule has 0 aromatic carbocycles. The van der Waals surface area contributed by atoms with Crippen LogP contribution in [0.3, 0.4) is 0 Å². The Kier molecular flexibility index (Phi) is 5.40. The minimum atomic E-state index is -3.09. The van der Waals surface area contributed by atoms with Crippen molar-refractivity contribution in [2.75, 3.05) is 18.8 Å². The molecule has 2 heterocycles. The molecule has 120 valence electrons. The number of nitrogens with one attached hydrogen (secondary N) is 2. The second-order valence-electron chi connectivity index (χ2n) is 6.24. The Morgan fingerprint density at radius 2 is 2.05 bits per heavy atom. The van der Waals surface area contributed by atoms with Gasteiger partial charge in [-0.2, -0.15) is 0 Å². The van der Waals surface area contributed by atoms with Crippen LogP contribution in [-0.2, 0) is 10.0 Å². The van der Waals surface area contributed by atoms with Crippen LogP contribution < -0.4 is 5.32 Å². The number of H-pyrrole nitrogens is 1. The van der Waals surface area contributed by atoms with E-state index in [0.717, 1.165) is 18.5 Å². The Morgan fingerprint density at radius 1 is 1.38 bits per heavy atom. The number of nitrogens with zero attached hydrogens (tertiary/aromatic N) is 2. The van der Waals surface area contributed by atoms with Crippen LogP contribution in [0.1, 0.15) is 45.3 Å². The van der Waals surface area contributed by atoms with Crippen LogP contribution in [0.15, 0.2) is 12.5 Å². The van der Waals surface area contributed by atoms with E-state index in [4.69, 9.17) is 0 Å². The minimum Gasteiger partial charge on any atom is -0.347 e. The van der Waals surface area contributed by atoms with Gasteiger partial charge in [-0.3, -0.25) is 0 Å². The summed E-state index contributed by atoms with van der Waals surface area (Å²) in [6, 6.07) is 0.560. The van der Waals surface area contributed by atoms with Crippen LogP contribution in [0.25, 0.3) is 0 Å². The van der Waals surface area contributed by atoms with Crippen LogP contribution in [0, 0.1) is 5.92 Å². The van der Waals surface area contributed by atoms with Gasteiger partial charge >= 0.3 is 0 Å². The molecule has 1 unspecified atom stereocenters. The highest BCUT2D eigenvalue weighted by atomic mass is 32.2. The van der Waals surface area contributed by atoms with Crippen LogP contribution in [0.4, 0.5) is 0 Å².